The fraction of sp³-hybridized carbons (Fsp3) is 0. The van der Waals surface area contributed by atoms with Gasteiger partial charge in [-0.15, -0.1) is 0 Å². The summed E-state index contributed by atoms with van der Waals surface area (Å²) in [7, 11) is 0. The molecule has 7 heavy (non-hydrogen) atoms. The van der Waals surface area contributed by atoms with Gasteiger partial charge in [0, 0.05) is 47.9 Å². The Morgan fingerprint density at radius 3 is 1.29 bits per heavy atom. The van der Waals surface area contributed by atoms with Gasteiger partial charge < -0.3 is 16.4 Å². The third kappa shape index (κ3) is 232. The summed E-state index contributed by atoms with van der Waals surface area (Å²) in [5.41, 5.74) is 0. The Balaban J connectivity index is -0.0000000150. The van der Waals surface area contributed by atoms with Gasteiger partial charge in [-0.1, -0.05) is 0 Å². The molecule has 0 bridgehead atoms. The average molecular weight is 218 g/mol. The number of carbonyl (C=O) groups is 1. The standard InChI is InChI=1S/CH2O3.H3N.Ti.Zr/c2-1(3)4;;;/h(H2,2,3,4);1H3;;. The van der Waals surface area contributed by atoms with Crippen LogP contribution in [0.25, 0.3) is 0 Å². The van der Waals surface area contributed by atoms with Crippen LogP contribution in [0.5, 0.6) is 0 Å². The molecule has 0 heterocycles. The Hall–Kier alpha value is 0.827. The Morgan fingerprint density at radius 1 is 1.29 bits per heavy atom. The van der Waals surface area contributed by atoms with E-state index in [0.717, 1.165) is 0 Å². The molecule has 0 atom stereocenters. The SMILES string of the molecule is N.O=C(O)O.[Ti].[Zr]. The van der Waals surface area contributed by atoms with E-state index in [1.165, 1.54) is 0 Å². The molecule has 40 valence electrons. The first-order valence-electron chi connectivity index (χ1n) is 0.651. The molecule has 0 unspecified atom stereocenters. The Kier molecular flexibility index (Phi) is 56.3. The van der Waals surface area contributed by atoms with Gasteiger partial charge in [0.25, 0.3) is 0 Å². The van der Waals surface area contributed by atoms with E-state index in [1.54, 1.807) is 0 Å². The molecule has 0 fully saturated rings. The fourth-order valence-corrected chi connectivity index (χ4v) is 0. The second-order valence-corrected chi connectivity index (χ2v) is 0.283. The molecule has 0 radical (unpaired) electrons. The normalized spacial score (nSPS) is 3.43. The van der Waals surface area contributed by atoms with Gasteiger partial charge in [-0.2, -0.15) is 0 Å². The van der Waals surface area contributed by atoms with Crippen LogP contribution in [0.15, 0.2) is 0 Å². The minimum Gasteiger partial charge on any atom is -0.450 e. The smallest absolute Gasteiger partial charge is 0.450 e. The average Bonchev–Trinajstić information content (AvgIpc) is 0.811. The summed E-state index contributed by atoms with van der Waals surface area (Å²) in [6.07, 6.45) is -1.83. The van der Waals surface area contributed by atoms with Gasteiger partial charge in [0.15, 0.2) is 0 Å². The van der Waals surface area contributed by atoms with Crippen molar-refractivity contribution < 1.29 is 62.9 Å². The molecular formula is CH5NO3TiZr. The van der Waals surface area contributed by atoms with Crippen molar-refractivity contribution >= 4 is 6.16 Å². The zero-order valence-electron chi connectivity index (χ0n) is 3.51. The minimum atomic E-state index is -1.83. The molecule has 0 amide bonds. The van der Waals surface area contributed by atoms with Gasteiger partial charge in [-0.3, -0.25) is 0 Å². The maximum absolute atomic E-state index is 8.56. The molecule has 0 spiro atoms. The van der Waals surface area contributed by atoms with E-state index >= 15 is 0 Å². The van der Waals surface area contributed by atoms with Crippen LogP contribution < -0.4 is 6.15 Å². The second kappa shape index (κ2) is 15.8. The quantitative estimate of drug-likeness (QED) is 0.512. The summed E-state index contributed by atoms with van der Waals surface area (Å²) in [6, 6.07) is 0. The molecular weight excluding hydrogens is 213 g/mol. The molecule has 0 saturated carbocycles. The van der Waals surface area contributed by atoms with Crippen molar-refractivity contribution in [3.8, 4) is 0 Å². The molecule has 0 aromatic carbocycles. The van der Waals surface area contributed by atoms with E-state index in [0.29, 0.717) is 0 Å². The first kappa shape index (κ1) is 24.9. The molecule has 0 aliphatic heterocycles. The summed E-state index contributed by atoms with van der Waals surface area (Å²) in [5.74, 6) is 0. The third-order valence-electron chi connectivity index (χ3n) is 0. The molecule has 0 aromatic heterocycles. The van der Waals surface area contributed by atoms with Gasteiger partial charge in [-0.25, -0.2) is 4.79 Å². The van der Waals surface area contributed by atoms with E-state index < -0.39 is 6.16 Å². The monoisotopic (exact) mass is 217 g/mol. The summed E-state index contributed by atoms with van der Waals surface area (Å²) in [4.78, 5) is 8.56. The Morgan fingerprint density at radius 2 is 1.29 bits per heavy atom. The fourth-order valence-electron chi connectivity index (χ4n) is 0. The van der Waals surface area contributed by atoms with Gasteiger partial charge in [0.05, 0.1) is 0 Å². The van der Waals surface area contributed by atoms with Crippen molar-refractivity contribution in [2.75, 3.05) is 0 Å². The largest absolute Gasteiger partial charge is 0.503 e. The van der Waals surface area contributed by atoms with E-state index in [2.05, 4.69) is 0 Å². The van der Waals surface area contributed by atoms with E-state index in [9.17, 15) is 0 Å². The molecule has 0 aliphatic rings. The van der Waals surface area contributed by atoms with Gasteiger partial charge in [0.2, 0.25) is 0 Å². The van der Waals surface area contributed by atoms with Crippen LogP contribution in [-0.4, -0.2) is 16.4 Å². The van der Waals surface area contributed by atoms with Crippen LogP contribution in [-0.2, 0) is 47.9 Å². The molecule has 4 nitrogen and oxygen atoms in total. The zero-order chi connectivity index (χ0) is 3.58. The summed E-state index contributed by atoms with van der Waals surface area (Å²) in [5, 5.41) is 13.9. The first-order valence-corrected chi connectivity index (χ1v) is 0.651. The van der Waals surface area contributed by atoms with Crippen LogP contribution in [0.4, 0.5) is 4.79 Å². The molecule has 0 aromatic rings. The van der Waals surface area contributed by atoms with Crippen molar-refractivity contribution in [2.45, 2.75) is 0 Å². The molecule has 6 heteroatoms. The second-order valence-electron chi connectivity index (χ2n) is 0.283. The van der Waals surface area contributed by atoms with Crippen LogP contribution in [0.3, 0.4) is 0 Å². The predicted molar refractivity (Wildman–Crippen MR) is 15.7 cm³/mol. The van der Waals surface area contributed by atoms with Gasteiger partial charge in [0.1, 0.15) is 0 Å². The van der Waals surface area contributed by atoms with Crippen LogP contribution in [0, 0.1) is 0 Å². The van der Waals surface area contributed by atoms with Crippen molar-refractivity contribution in [1.82, 2.24) is 6.15 Å². The molecule has 0 aliphatic carbocycles. The van der Waals surface area contributed by atoms with Gasteiger partial charge in [-0.05, 0) is 0 Å². The molecule has 5 N–H and O–H groups in total. The van der Waals surface area contributed by atoms with Gasteiger partial charge >= 0.3 is 6.16 Å². The summed E-state index contributed by atoms with van der Waals surface area (Å²) < 4.78 is 0. The Labute approximate surface area is 74.9 Å². The van der Waals surface area contributed by atoms with Crippen LogP contribution >= 0.6 is 0 Å². The van der Waals surface area contributed by atoms with Crippen LogP contribution in [0.1, 0.15) is 0 Å². The molecule has 0 saturated heterocycles. The Bertz CT molecular complexity index is 37.9. The third-order valence-corrected chi connectivity index (χ3v) is 0. The summed E-state index contributed by atoms with van der Waals surface area (Å²) >= 11 is 0. The zero-order valence-corrected chi connectivity index (χ0v) is 7.53. The molecule has 0 rings (SSSR count). The maximum atomic E-state index is 8.56. The number of hydrogen-bond acceptors (Lipinski definition) is 2. The minimum absolute atomic E-state index is 0. The van der Waals surface area contributed by atoms with E-state index in [4.69, 9.17) is 15.0 Å². The van der Waals surface area contributed by atoms with Crippen molar-refractivity contribution in [3.63, 3.8) is 0 Å². The van der Waals surface area contributed by atoms with E-state index in [-0.39, 0.29) is 54.1 Å². The maximum Gasteiger partial charge on any atom is 0.503 e. The van der Waals surface area contributed by atoms with Crippen molar-refractivity contribution in [3.05, 3.63) is 0 Å². The van der Waals surface area contributed by atoms with Crippen molar-refractivity contribution in [2.24, 2.45) is 0 Å². The first-order chi connectivity index (χ1) is 1.73. The van der Waals surface area contributed by atoms with E-state index in [1.807, 2.05) is 0 Å². The number of carboxylic acid groups (broad SMARTS) is 2. The number of hydrogen-bond donors (Lipinski definition) is 3. The summed E-state index contributed by atoms with van der Waals surface area (Å²) in [6.45, 7) is 0. The predicted octanol–water partition coefficient (Wildman–Crippen LogP) is 0.379. The number of rotatable bonds is 0. The van der Waals surface area contributed by atoms with Crippen LogP contribution in [0.2, 0.25) is 0 Å². The van der Waals surface area contributed by atoms with Crippen molar-refractivity contribution in [1.29, 1.82) is 0 Å². The topological polar surface area (TPSA) is 92.5 Å².